The predicted molar refractivity (Wildman–Crippen MR) is 88.2 cm³/mol. The fourth-order valence-corrected chi connectivity index (χ4v) is 2.11. The highest BCUT2D eigenvalue weighted by molar-refractivity contribution is 5.94. The van der Waals surface area contributed by atoms with Crippen molar-refractivity contribution in [2.45, 2.75) is 34.1 Å². The molecule has 0 unspecified atom stereocenters. The van der Waals surface area contributed by atoms with Crippen LogP contribution in [-0.4, -0.2) is 23.9 Å². The van der Waals surface area contributed by atoms with Crippen LogP contribution in [0.2, 0.25) is 0 Å². The maximum Gasteiger partial charge on any atom is 0.129 e. The van der Waals surface area contributed by atoms with Gasteiger partial charge in [-0.15, -0.1) is 0 Å². The molecule has 0 heterocycles. The molecule has 2 N–H and O–H groups in total. The van der Waals surface area contributed by atoms with Gasteiger partial charge in [-0.3, -0.25) is 0 Å². The van der Waals surface area contributed by atoms with Crippen LogP contribution < -0.4 is 4.74 Å². The minimum Gasteiger partial charge on any atom is -0.507 e. The number of phenolic OH excluding ortho intramolecular Hbond substituents is 1. The van der Waals surface area contributed by atoms with E-state index in [9.17, 15) is 5.11 Å². The second kappa shape index (κ2) is 7.89. The molecule has 0 fully saturated rings. The summed E-state index contributed by atoms with van der Waals surface area (Å²) < 4.78 is 5.34. The van der Waals surface area contributed by atoms with Crippen LogP contribution >= 0.6 is 0 Å². The predicted octanol–water partition coefficient (Wildman–Crippen LogP) is 4.20. The Morgan fingerprint density at radius 2 is 1.57 bits per heavy atom. The second-order valence-electron chi connectivity index (χ2n) is 5.65. The summed E-state index contributed by atoms with van der Waals surface area (Å²) in [5.74, 6) is 1.82. The Bertz CT molecular complexity index is 589. The quantitative estimate of drug-likeness (QED) is 0.891. The summed E-state index contributed by atoms with van der Waals surface area (Å²) in [6.45, 7) is 8.40. The lowest BCUT2D eigenvalue weighted by atomic mass is 10.0. The third kappa shape index (κ3) is 4.36. The monoisotopic (exact) mass is 290 g/mol. The lowest BCUT2D eigenvalue weighted by Crippen LogP contribution is -1.89. The number of aromatic hydroxyl groups is 1. The SMILES string of the molecule is CC(C)CCO.COc1c(C)ccc2c(O)c(C)ccc12. The maximum absolute atomic E-state index is 9.91. The highest BCUT2D eigenvalue weighted by Crippen LogP contribution is 2.35. The Hall–Kier alpha value is -1.74. The number of hydrogen-bond acceptors (Lipinski definition) is 3. The van der Waals surface area contributed by atoms with E-state index in [-0.39, 0.29) is 0 Å². The lowest BCUT2D eigenvalue weighted by molar-refractivity contribution is 0.268. The van der Waals surface area contributed by atoms with Crippen LogP contribution in [0, 0.1) is 19.8 Å². The average molecular weight is 290 g/mol. The van der Waals surface area contributed by atoms with Crippen LogP contribution in [0.4, 0.5) is 0 Å². The first-order valence-corrected chi connectivity index (χ1v) is 7.29. The topological polar surface area (TPSA) is 49.7 Å². The van der Waals surface area contributed by atoms with Crippen LogP contribution in [-0.2, 0) is 0 Å². The van der Waals surface area contributed by atoms with Gasteiger partial charge >= 0.3 is 0 Å². The fourth-order valence-electron chi connectivity index (χ4n) is 2.11. The number of methoxy groups -OCH3 is 1. The number of aliphatic hydroxyl groups is 1. The molecule has 0 amide bonds. The van der Waals surface area contributed by atoms with Crippen molar-refractivity contribution in [3.8, 4) is 11.5 Å². The minimum atomic E-state index is 0.331. The van der Waals surface area contributed by atoms with Crippen LogP contribution in [0.5, 0.6) is 11.5 Å². The smallest absolute Gasteiger partial charge is 0.129 e. The van der Waals surface area contributed by atoms with E-state index in [1.54, 1.807) is 7.11 Å². The molecule has 0 saturated heterocycles. The van der Waals surface area contributed by atoms with Gasteiger partial charge in [-0.05, 0) is 37.3 Å². The zero-order valence-corrected chi connectivity index (χ0v) is 13.6. The summed E-state index contributed by atoms with van der Waals surface area (Å²) in [4.78, 5) is 0. The number of ether oxygens (including phenoxy) is 1. The number of hydrogen-bond donors (Lipinski definition) is 2. The molecule has 0 atom stereocenters. The van der Waals surface area contributed by atoms with Crippen molar-refractivity contribution < 1.29 is 14.9 Å². The molecule has 116 valence electrons. The molecule has 2 aromatic carbocycles. The van der Waals surface area contributed by atoms with E-state index in [0.717, 1.165) is 34.1 Å². The number of phenols is 1. The molecule has 0 bridgehead atoms. The van der Waals surface area contributed by atoms with Gasteiger partial charge in [0.25, 0.3) is 0 Å². The standard InChI is InChI=1S/C13H14O2.C5H12O/c1-8-4-7-11-10(12(8)14)6-5-9(2)13(11)15-3;1-5(2)3-4-6/h4-7,14H,1-3H3;5-6H,3-4H2,1-2H3. The van der Waals surface area contributed by atoms with Crippen molar-refractivity contribution in [1.29, 1.82) is 0 Å². The molecule has 0 saturated carbocycles. The van der Waals surface area contributed by atoms with Gasteiger partial charge in [0.2, 0.25) is 0 Å². The van der Waals surface area contributed by atoms with Gasteiger partial charge in [-0.2, -0.15) is 0 Å². The van der Waals surface area contributed by atoms with Crippen LogP contribution in [0.3, 0.4) is 0 Å². The molecule has 3 nitrogen and oxygen atoms in total. The van der Waals surface area contributed by atoms with Crippen molar-refractivity contribution in [2.24, 2.45) is 5.92 Å². The van der Waals surface area contributed by atoms with Crippen LogP contribution in [0.1, 0.15) is 31.4 Å². The molecule has 0 aromatic heterocycles. The Kier molecular flexibility index (Phi) is 6.50. The Labute approximate surface area is 127 Å². The minimum absolute atomic E-state index is 0.331. The van der Waals surface area contributed by atoms with E-state index in [0.29, 0.717) is 18.3 Å². The van der Waals surface area contributed by atoms with Crippen molar-refractivity contribution in [2.75, 3.05) is 13.7 Å². The molecule has 0 aliphatic rings. The first kappa shape index (κ1) is 17.3. The molecule has 0 aliphatic carbocycles. The van der Waals surface area contributed by atoms with Gasteiger partial charge in [0.05, 0.1) is 7.11 Å². The molecule has 0 spiro atoms. The van der Waals surface area contributed by atoms with E-state index >= 15 is 0 Å². The van der Waals surface area contributed by atoms with E-state index < -0.39 is 0 Å². The summed E-state index contributed by atoms with van der Waals surface area (Å²) in [6, 6.07) is 7.77. The first-order valence-electron chi connectivity index (χ1n) is 7.29. The largest absolute Gasteiger partial charge is 0.507 e. The number of aryl methyl sites for hydroxylation is 2. The third-order valence-electron chi connectivity index (χ3n) is 3.43. The zero-order valence-electron chi connectivity index (χ0n) is 13.6. The first-order chi connectivity index (χ1) is 9.92. The van der Waals surface area contributed by atoms with Gasteiger partial charge in [-0.1, -0.05) is 38.1 Å². The number of fused-ring (bicyclic) bond motifs is 1. The molecule has 0 aliphatic heterocycles. The molecular formula is C18H26O3. The molecule has 2 aromatic rings. The maximum atomic E-state index is 9.91. The van der Waals surface area contributed by atoms with Gasteiger partial charge in [-0.25, -0.2) is 0 Å². The number of aliphatic hydroxyl groups excluding tert-OH is 1. The zero-order chi connectivity index (χ0) is 16.0. The summed E-state index contributed by atoms with van der Waals surface area (Å²) in [5.41, 5.74) is 1.96. The van der Waals surface area contributed by atoms with Crippen LogP contribution in [0.25, 0.3) is 10.8 Å². The van der Waals surface area contributed by atoms with Crippen molar-refractivity contribution >= 4 is 10.8 Å². The van der Waals surface area contributed by atoms with Gasteiger partial charge in [0, 0.05) is 17.4 Å². The number of rotatable bonds is 3. The molecule has 2 rings (SSSR count). The highest BCUT2D eigenvalue weighted by Gasteiger charge is 2.09. The van der Waals surface area contributed by atoms with Crippen molar-refractivity contribution in [3.63, 3.8) is 0 Å². The van der Waals surface area contributed by atoms with Gasteiger partial charge < -0.3 is 14.9 Å². The summed E-state index contributed by atoms with van der Waals surface area (Å²) in [5, 5.41) is 20.0. The summed E-state index contributed by atoms with van der Waals surface area (Å²) >= 11 is 0. The molecule has 0 radical (unpaired) electrons. The van der Waals surface area contributed by atoms with E-state index in [2.05, 4.69) is 13.8 Å². The molecule has 21 heavy (non-hydrogen) atoms. The molecule has 3 heteroatoms. The van der Waals surface area contributed by atoms with Crippen molar-refractivity contribution in [1.82, 2.24) is 0 Å². The Morgan fingerprint density at radius 1 is 1.00 bits per heavy atom. The van der Waals surface area contributed by atoms with Gasteiger partial charge in [0.1, 0.15) is 11.5 Å². The lowest BCUT2D eigenvalue weighted by Gasteiger charge is -2.10. The average Bonchev–Trinajstić information content (AvgIpc) is 2.43. The van der Waals surface area contributed by atoms with Crippen LogP contribution in [0.15, 0.2) is 24.3 Å². The van der Waals surface area contributed by atoms with E-state index in [1.165, 1.54) is 0 Å². The Balaban J connectivity index is 0.000000315. The Morgan fingerprint density at radius 3 is 2.05 bits per heavy atom. The highest BCUT2D eigenvalue weighted by atomic mass is 16.5. The van der Waals surface area contributed by atoms with Crippen molar-refractivity contribution in [3.05, 3.63) is 35.4 Å². The van der Waals surface area contributed by atoms with Gasteiger partial charge in [0.15, 0.2) is 0 Å². The van der Waals surface area contributed by atoms with E-state index in [4.69, 9.17) is 9.84 Å². The normalized spacial score (nSPS) is 10.4. The molecular weight excluding hydrogens is 264 g/mol. The second-order valence-corrected chi connectivity index (χ2v) is 5.65. The third-order valence-corrected chi connectivity index (χ3v) is 3.43. The van der Waals surface area contributed by atoms with E-state index in [1.807, 2.05) is 38.1 Å². The fraction of sp³-hybridized carbons (Fsp3) is 0.444. The summed E-state index contributed by atoms with van der Waals surface area (Å²) in [7, 11) is 1.65. The number of benzene rings is 2. The summed E-state index contributed by atoms with van der Waals surface area (Å²) in [6.07, 6.45) is 0.931.